The third kappa shape index (κ3) is 3.86. The third-order valence-corrected chi connectivity index (χ3v) is 2.22. The normalized spacial score (nSPS) is 14.1. The van der Waals surface area contributed by atoms with E-state index in [1.165, 1.54) is 0 Å². The van der Waals surface area contributed by atoms with E-state index in [1.807, 2.05) is 30.0 Å². The minimum atomic E-state index is -4.55. The summed E-state index contributed by atoms with van der Waals surface area (Å²) in [7, 11) is 0. The molecule has 6 heteroatoms. The molecule has 1 aromatic heterocycles. The van der Waals surface area contributed by atoms with Crippen LogP contribution in [-0.4, -0.2) is 28.5 Å². The first-order chi connectivity index (χ1) is 7.43. The molecular weight excluding hydrogens is 221 g/mol. The summed E-state index contributed by atoms with van der Waals surface area (Å²) in [4.78, 5) is 0. The fourth-order valence-electron chi connectivity index (χ4n) is 1.26. The van der Waals surface area contributed by atoms with Crippen molar-refractivity contribution in [1.82, 2.24) is 9.88 Å². The van der Waals surface area contributed by atoms with Gasteiger partial charge in [0.1, 0.15) is 0 Å². The number of nitrogens with zero attached hydrogens (tertiary/aromatic N) is 1. The number of hydrogen-bond donors (Lipinski definition) is 2. The maximum Gasteiger partial charge on any atom is 0.415 e. The Morgan fingerprint density at radius 3 is 2.69 bits per heavy atom. The summed E-state index contributed by atoms with van der Waals surface area (Å²) in [6.45, 7) is 2.64. The predicted octanol–water partition coefficient (Wildman–Crippen LogP) is 1.52. The second-order valence-electron chi connectivity index (χ2n) is 3.54. The Morgan fingerprint density at radius 1 is 1.50 bits per heavy atom. The van der Waals surface area contributed by atoms with Gasteiger partial charge in [-0.1, -0.05) is 0 Å². The van der Waals surface area contributed by atoms with Crippen LogP contribution in [0.4, 0.5) is 13.2 Å². The minimum absolute atomic E-state index is 0.320. The highest BCUT2D eigenvalue weighted by atomic mass is 19.4. The SMILES string of the molecule is CCn1ccc(CNCC(O)C(F)(F)F)c1. The average molecular weight is 236 g/mol. The molecule has 0 spiro atoms. The van der Waals surface area contributed by atoms with Crippen LogP contribution < -0.4 is 5.32 Å². The highest BCUT2D eigenvalue weighted by Crippen LogP contribution is 2.19. The van der Waals surface area contributed by atoms with Crippen molar-refractivity contribution in [3.05, 3.63) is 24.0 Å². The molecule has 1 atom stereocenters. The molecule has 0 aliphatic rings. The molecule has 1 unspecified atom stereocenters. The predicted molar refractivity (Wildman–Crippen MR) is 53.9 cm³/mol. The van der Waals surface area contributed by atoms with E-state index < -0.39 is 18.8 Å². The summed E-state index contributed by atoms with van der Waals surface area (Å²) in [6, 6.07) is 1.83. The molecule has 0 aliphatic heterocycles. The van der Waals surface area contributed by atoms with E-state index in [0.717, 1.165) is 12.1 Å². The van der Waals surface area contributed by atoms with Gasteiger partial charge in [-0.3, -0.25) is 0 Å². The van der Waals surface area contributed by atoms with Crippen molar-refractivity contribution in [3.8, 4) is 0 Å². The molecule has 0 radical (unpaired) electrons. The number of aromatic nitrogens is 1. The Morgan fingerprint density at radius 2 is 2.19 bits per heavy atom. The number of halogens is 3. The van der Waals surface area contributed by atoms with Crippen LogP contribution in [0.15, 0.2) is 18.5 Å². The summed E-state index contributed by atoms with van der Waals surface area (Å²) in [6.07, 6.45) is -3.15. The first-order valence-electron chi connectivity index (χ1n) is 5.03. The Hall–Kier alpha value is -1.01. The quantitative estimate of drug-likeness (QED) is 0.813. The highest BCUT2D eigenvalue weighted by Gasteiger charge is 2.37. The number of alkyl halides is 3. The molecule has 16 heavy (non-hydrogen) atoms. The number of aliphatic hydroxyl groups is 1. The van der Waals surface area contributed by atoms with Gasteiger partial charge in [0.25, 0.3) is 0 Å². The summed E-state index contributed by atoms with van der Waals surface area (Å²) in [5.74, 6) is 0. The van der Waals surface area contributed by atoms with Gasteiger partial charge in [0, 0.05) is 32.0 Å². The van der Waals surface area contributed by atoms with E-state index in [2.05, 4.69) is 5.32 Å². The van der Waals surface area contributed by atoms with Crippen LogP contribution >= 0.6 is 0 Å². The Bertz CT molecular complexity index is 322. The molecule has 0 aromatic carbocycles. The van der Waals surface area contributed by atoms with E-state index in [0.29, 0.717) is 6.54 Å². The zero-order chi connectivity index (χ0) is 12.2. The lowest BCUT2D eigenvalue weighted by Crippen LogP contribution is -2.38. The van der Waals surface area contributed by atoms with E-state index >= 15 is 0 Å². The van der Waals surface area contributed by atoms with E-state index in [1.54, 1.807) is 0 Å². The lowest BCUT2D eigenvalue weighted by atomic mass is 10.3. The molecule has 0 saturated heterocycles. The number of rotatable bonds is 5. The molecule has 2 N–H and O–H groups in total. The zero-order valence-electron chi connectivity index (χ0n) is 8.96. The van der Waals surface area contributed by atoms with Crippen LogP contribution in [0.5, 0.6) is 0 Å². The second-order valence-corrected chi connectivity index (χ2v) is 3.54. The molecule has 0 fully saturated rings. The maximum atomic E-state index is 11.9. The van der Waals surface area contributed by atoms with Crippen LogP contribution in [0.25, 0.3) is 0 Å². The summed E-state index contributed by atoms with van der Waals surface area (Å²) >= 11 is 0. The molecule has 1 heterocycles. The Kier molecular flexibility index (Phi) is 4.37. The molecule has 3 nitrogen and oxygen atoms in total. The molecule has 0 aliphatic carbocycles. The van der Waals surface area contributed by atoms with Crippen molar-refractivity contribution in [1.29, 1.82) is 0 Å². The molecule has 0 bridgehead atoms. The Labute approximate surface area is 91.9 Å². The van der Waals surface area contributed by atoms with Crippen LogP contribution in [0, 0.1) is 0 Å². The number of nitrogens with one attached hydrogen (secondary N) is 1. The van der Waals surface area contributed by atoms with E-state index in [9.17, 15) is 13.2 Å². The molecule has 0 saturated carbocycles. The smallest absolute Gasteiger partial charge is 0.382 e. The van der Waals surface area contributed by atoms with Gasteiger partial charge in [-0.2, -0.15) is 13.2 Å². The van der Waals surface area contributed by atoms with Crippen LogP contribution in [0.2, 0.25) is 0 Å². The fourth-order valence-corrected chi connectivity index (χ4v) is 1.26. The maximum absolute atomic E-state index is 11.9. The lowest BCUT2D eigenvalue weighted by Gasteiger charge is -2.14. The van der Waals surface area contributed by atoms with Gasteiger partial charge in [0.05, 0.1) is 0 Å². The largest absolute Gasteiger partial charge is 0.415 e. The average Bonchev–Trinajstić information content (AvgIpc) is 2.64. The standard InChI is InChI=1S/C10H15F3N2O/c1-2-15-4-3-8(7-15)5-14-6-9(16)10(11,12)13/h3-4,7,9,14,16H,2,5-6H2,1H3. The first-order valence-corrected chi connectivity index (χ1v) is 5.03. The molecule has 1 aromatic rings. The Balaban J connectivity index is 2.30. The van der Waals surface area contributed by atoms with E-state index in [-0.39, 0.29) is 0 Å². The van der Waals surface area contributed by atoms with Gasteiger partial charge in [-0.15, -0.1) is 0 Å². The molecule has 1 rings (SSSR count). The lowest BCUT2D eigenvalue weighted by molar-refractivity contribution is -0.201. The monoisotopic (exact) mass is 236 g/mol. The van der Waals surface area contributed by atoms with Crippen molar-refractivity contribution in [2.75, 3.05) is 6.54 Å². The van der Waals surface area contributed by atoms with Crippen molar-refractivity contribution in [3.63, 3.8) is 0 Å². The molecule has 0 amide bonds. The summed E-state index contributed by atoms with van der Waals surface area (Å²) < 4.78 is 37.7. The summed E-state index contributed by atoms with van der Waals surface area (Å²) in [5, 5.41) is 11.3. The van der Waals surface area contributed by atoms with Gasteiger partial charge in [-0.05, 0) is 18.6 Å². The first kappa shape index (κ1) is 13.1. The van der Waals surface area contributed by atoms with Crippen molar-refractivity contribution >= 4 is 0 Å². The van der Waals surface area contributed by atoms with Crippen molar-refractivity contribution in [2.45, 2.75) is 32.3 Å². The van der Waals surface area contributed by atoms with Crippen LogP contribution in [0.3, 0.4) is 0 Å². The molecule has 92 valence electrons. The van der Waals surface area contributed by atoms with Gasteiger partial charge in [0.2, 0.25) is 0 Å². The fraction of sp³-hybridized carbons (Fsp3) is 0.600. The minimum Gasteiger partial charge on any atom is -0.382 e. The van der Waals surface area contributed by atoms with Crippen LogP contribution in [-0.2, 0) is 13.1 Å². The van der Waals surface area contributed by atoms with Gasteiger partial charge in [-0.25, -0.2) is 0 Å². The second kappa shape index (κ2) is 5.36. The molecular formula is C10H15F3N2O. The topological polar surface area (TPSA) is 37.2 Å². The summed E-state index contributed by atoms with van der Waals surface area (Å²) in [5.41, 5.74) is 0.899. The van der Waals surface area contributed by atoms with Crippen LogP contribution in [0.1, 0.15) is 12.5 Å². The van der Waals surface area contributed by atoms with Crippen molar-refractivity contribution in [2.24, 2.45) is 0 Å². The number of aliphatic hydroxyl groups excluding tert-OH is 1. The van der Waals surface area contributed by atoms with Crippen molar-refractivity contribution < 1.29 is 18.3 Å². The highest BCUT2D eigenvalue weighted by molar-refractivity contribution is 5.09. The van der Waals surface area contributed by atoms with E-state index in [4.69, 9.17) is 5.11 Å². The van der Waals surface area contributed by atoms with Gasteiger partial charge >= 0.3 is 6.18 Å². The number of aryl methyl sites for hydroxylation is 1. The van der Waals surface area contributed by atoms with Gasteiger partial charge in [0.15, 0.2) is 6.10 Å². The third-order valence-electron chi connectivity index (χ3n) is 2.22. The zero-order valence-corrected chi connectivity index (χ0v) is 8.96. The number of hydrogen-bond acceptors (Lipinski definition) is 2. The van der Waals surface area contributed by atoms with Gasteiger partial charge < -0.3 is 15.0 Å².